The van der Waals surface area contributed by atoms with E-state index >= 15 is 0 Å². The van der Waals surface area contributed by atoms with Crippen LogP contribution < -0.4 is 5.32 Å². The lowest BCUT2D eigenvalue weighted by molar-refractivity contribution is 0.0310. The quantitative estimate of drug-likeness (QED) is 0.845. The highest BCUT2D eigenvalue weighted by atomic mass is 19.1. The van der Waals surface area contributed by atoms with Gasteiger partial charge in [-0.25, -0.2) is 4.39 Å². The van der Waals surface area contributed by atoms with Crippen molar-refractivity contribution in [2.24, 2.45) is 0 Å². The number of nitrogens with one attached hydrogen (secondary N) is 1. The van der Waals surface area contributed by atoms with Crippen molar-refractivity contribution in [3.63, 3.8) is 0 Å². The number of nitrogens with zero attached hydrogens (tertiary/aromatic N) is 1. The fourth-order valence-corrected chi connectivity index (χ4v) is 3.40. The van der Waals surface area contributed by atoms with Crippen molar-refractivity contribution in [2.45, 2.75) is 43.7 Å². The Morgan fingerprint density at radius 3 is 2.57 bits per heavy atom. The van der Waals surface area contributed by atoms with E-state index in [4.69, 9.17) is 0 Å². The van der Waals surface area contributed by atoms with E-state index < -0.39 is 5.60 Å². The molecular weight excluding hydrogens is 267 g/mol. The predicted octanol–water partition coefficient (Wildman–Crippen LogP) is 2.36. The Bertz CT molecular complexity index is 445. The van der Waals surface area contributed by atoms with Crippen molar-refractivity contribution in [3.8, 4) is 0 Å². The van der Waals surface area contributed by atoms with Gasteiger partial charge in [-0.05, 0) is 57.5 Å². The second-order valence-electron chi connectivity index (χ2n) is 6.81. The standard InChI is InChI=1S/C17H27FN2O/c1-17(21,12-20(2)3)11-19-16-6-4-5-15(16)13-7-9-14(18)10-8-13/h7-10,15-16,19,21H,4-6,11-12H2,1-3H3. The maximum absolute atomic E-state index is 13.0. The van der Waals surface area contributed by atoms with Gasteiger partial charge in [0.15, 0.2) is 0 Å². The molecule has 21 heavy (non-hydrogen) atoms. The van der Waals surface area contributed by atoms with Crippen LogP contribution >= 0.6 is 0 Å². The largest absolute Gasteiger partial charge is 0.388 e. The van der Waals surface area contributed by atoms with Crippen LogP contribution in [0.25, 0.3) is 0 Å². The Labute approximate surface area is 127 Å². The van der Waals surface area contributed by atoms with E-state index in [-0.39, 0.29) is 5.82 Å². The molecule has 0 radical (unpaired) electrons. The van der Waals surface area contributed by atoms with Crippen LogP contribution in [0, 0.1) is 5.82 Å². The van der Waals surface area contributed by atoms with Crippen molar-refractivity contribution in [1.29, 1.82) is 0 Å². The Balaban J connectivity index is 1.94. The maximum atomic E-state index is 13.0. The van der Waals surface area contributed by atoms with Crippen LogP contribution in [0.15, 0.2) is 24.3 Å². The first kappa shape index (κ1) is 16.4. The summed E-state index contributed by atoms with van der Waals surface area (Å²) in [5.41, 5.74) is 0.457. The van der Waals surface area contributed by atoms with Gasteiger partial charge in [-0.15, -0.1) is 0 Å². The van der Waals surface area contributed by atoms with Crippen molar-refractivity contribution in [3.05, 3.63) is 35.6 Å². The highest BCUT2D eigenvalue weighted by Gasteiger charge is 2.30. The van der Waals surface area contributed by atoms with E-state index in [0.717, 1.165) is 12.8 Å². The van der Waals surface area contributed by atoms with E-state index in [1.165, 1.54) is 24.1 Å². The summed E-state index contributed by atoms with van der Waals surface area (Å²) in [5.74, 6) is 0.232. The Morgan fingerprint density at radius 2 is 1.95 bits per heavy atom. The second-order valence-corrected chi connectivity index (χ2v) is 6.81. The fourth-order valence-electron chi connectivity index (χ4n) is 3.40. The van der Waals surface area contributed by atoms with E-state index in [1.54, 1.807) is 0 Å². The molecule has 0 spiro atoms. The molecule has 3 unspecified atom stereocenters. The predicted molar refractivity (Wildman–Crippen MR) is 84.0 cm³/mol. The highest BCUT2D eigenvalue weighted by molar-refractivity contribution is 5.23. The van der Waals surface area contributed by atoms with Crippen molar-refractivity contribution in [1.82, 2.24) is 10.2 Å². The molecule has 1 aliphatic carbocycles. The van der Waals surface area contributed by atoms with Gasteiger partial charge in [0, 0.05) is 19.1 Å². The lowest BCUT2D eigenvalue weighted by Crippen LogP contribution is -2.48. The molecule has 0 aromatic heterocycles. The van der Waals surface area contributed by atoms with Crippen LogP contribution in [-0.4, -0.2) is 48.8 Å². The molecule has 0 bridgehead atoms. The Morgan fingerprint density at radius 1 is 1.29 bits per heavy atom. The summed E-state index contributed by atoms with van der Waals surface area (Å²) in [7, 11) is 3.93. The van der Waals surface area contributed by atoms with Gasteiger partial charge in [0.2, 0.25) is 0 Å². The zero-order valence-electron chi connectivity index (χ0n) is 13.3. The number of rotatable bonds is 6. The summed E-state index contributed by atoms with van der Waals surface area (Å²) in [6.45, 7) is 3.07. The zero-order valence-corrected chi connectivity index (χ0v) is 13.3. The topological polar surface area (TPSA) is 35.5 Å². The smallest absolute Gasteiger partial charge is 0.123 e. The number of halogens is 1. The number of benzene rings is 1. The molecule has 1 aliphatic rings. The summed E-state index contributed by atoms with van der Waals surface area (Å²) in [4.78, 5) is 1.99. The summed E-state index contributed by atoms with van der Waals surface area (Å²) < 4.78 is 13.0. The molecule has 0 aliphatic heterocycles. The minimum Gasteiger partial charge on any atom is -0.388 e. The number of hydrogen-bond donors (Lipinski definition) is 2. The highest BCUT2D eigenvalue weighted by Crippen LogP contribution is 2.34. The first-order valence-electron chi connectivity index (χ1n) is 7.73. The third kappa shape index (κ3) is 4.77. The molecule has 3 nitrogen and oxygen atoms in total. The lowest BCUT2D eigenvalue weighted by Gasteiger charge is -2.30. The average Bonchev–Trinajstić information content (AvgIpc) is 2.84. The van der Waals surface area contributed by atoms with Crippen LogP contribution in [0.4, 0.5) is 4.39 Å². The average molecular weight is 294 g/mol. The van der Waals surface area contributed by atoms with Crippen LogP contribution in [0.5, 0.6) is 0 Å². The molecule has 1 aromatic rings. The molecule has 1 fully saturated rings. The Kier molecular flexibility index (Phi) is 5.36. The van der Waals surface area contributed by atoms with Gasteiger partial charge in [0.05, 0.1) is 5.60 Å². The van der Waals surface area contributed by atoms with Crippen molar-refractivity contribution in [2.75, 3.05) is 27.2 Å². The number of hydrogen-bond acceptors (Lipinski definition) is 3. The minimum absolute atomic E-state index is 0.185. The number of aliphatic hydroxyl groups is 1. The van der Waals surface area contributed by atoms with Gasteiger partial charge in [-0.2, -0.15) is 0 Å². The SMILES string of the molecule is CN(C)CC(C)(O)CNC1CCCC1c1ccc(F)cc1. The summed E-state index contributed by atoms with van der Waals surface area (Å²) in [5, 5.41) is 13.9. The summed E-state index contributed by atoms with van der Waals surface area (Å²) in [6.07, 6.45) is 3.41. The molecule has 118 valence electrons. The van der Waals surface area contributed by atoms with Gasteiger partial charge in [-0.1, -0.05) is 18.6 Å². The summed E-state index contributed by atoms with van der Waals surface area (Å²) in [6, 6.07) is 7.21. The normalized spacial score (nSPS) is 25.2. The van der Waals surface area contributed by atoms with Gasteiger partial charge >= 0.3 is 0 Å². The minimum atomic E-state index is -0.737. The van der Waals surface area contributed by atoms with Crippen molar-refractivity contribution < 1.29 is 9.50 Å². The second kappa shape index (κ2) is 6.86. The first-order valence-corrected chi connectivity index (χ1v) is 7.73. The molecule has 1 aromatic carbocycles. The lowest BCUT2D eigenvalue weighted by atomic mass is 9.93. The van der Waals surface area contributed by atoms with Gasteiger partial charge in [0.25, 0.3) is 0 Å². The van der Waals surface area contributed by atoms with Crippen LogP contribution in [0.2, 0.25) is 0 Å². The third-order valence-electron chi connectivity index (χ3n) is 4.22. The Hall–Kier alpha value is -0.970. The van der Waals surface area contributed by atoms with Crippen LogP contribution in [0.3, 0.4) is 0 Å². The molecule has 1 saturated carbocycles. The first-order chi connectivity index (χ1) is 9.87. The summed E-state index contributed by atoms with van der Waals surface area (Å²) >= 11 is 0. The van der Waals surface area contributed by atoms with E-state index in [1.807, 2.05) is 38.1 Å². The van der Waals surface area contributed by atoms with E-state index in [2.05, 4.69) is 5.32 Å². The maximum Gasteiger partial charge on any atom is 0.123 e. The molecule has 0 amide bonds. The van der Waals surface area contributed by atoms with Gasteiger partial charge < -0.3 is 15.3 Å². The van der Waals surface area contributed by atoms with Gasteiger partial charge in [-0.3, -0.25) is 0 Å². The molecule has 4 heteroatoms. The fraction of sp³-hybridized carbons (Fsp3) is 0.647. The van der Waals surface area contributed by atoms with Crippen LogP contribution in [0.1, 0.15) is 37.7 Å². The molecular formula is C17H27FN2O. The monoisotopic (exact) mass is 294 g/mol. The van der Waals surface area contributed by atoms with Crippen molar-refractivity contribution >= 4 is 0 Å². The number of likely N-dealkylation sites (N-methyl/N-ethyl adjacent to an activating group) is 1. The van der Waals surface area contributed by atoms with E-state index in [0.29, 0.717) is 25.0 Å². The molecule has 3 atom stereocenters. The molecule has 0 heterocycles. The molecule has 2 N–H and O–H groups in total. The van der Waals surface area contributed by atoms with Gasteiger partial charge in [0.1, 0.15) is 5.82 Å². The van der Waals surface area contributed by atoms with E-state index in [9.17, 15) is 9.50 Å². The molecule has 2 rings (SSSR count). The molecule has 0 saturated heterocycles. The third-order valence-corrected chi connectivity index (χ3v) is 4.22. The zero-order chi connectivity index (χ0) is 15.5. The van der Waals surface area contributed by atoms with Crippen LogP contribution in [-0.2, 0) is 0 Å².